The molecule has 2 aliphatic rings. The highest BCUT2D eigenvalue weighted by molar-refractivity contribution is 7.47. The van der Waals surface area contributed by atoms with Crippen molar-refractivity contribution >= 4 is 23.5 Å². The zero-order chi connectivity index (χ0) is 21.8. The van der Waals surface area contributed by atoms with Crippen molar-refractivity contribution in [3.8, 4) is 0 Å². The van der Waals surface area contributed by atoms with Crippen molar-refractivity contribution in [1.82, 2.24) is 0 Å². The Bertz CT molecular complexity index is 567. The fourth-order valence-corrected chi connectivity index (χ4v) is 4.35. The molecule has 2 rings (SSSR count). The molecule has 12 heteroatoms. The lowest BCUT2D eigenvalue weighted by Gasteiger charge is -2.33. The lowest BCUT2D eigenvalue weighted by atomic mass is 9.93. The van der Waals surface area contributed by atoms with E-state index in [1.807, 2.05) is 27.7 Å². The van der Waals surface area contributed by atoms with E-state index in [0.717, 1.165) is 0 Å². The predicted molar refractivity (Wildman–Crippen MR) is 106 cm³/mol. The van der Waals surface area contributed by atoms with E-state index in [1.165, 1.54) is 0 Å². The minimum Gasteiger partial charge on any atom is -0.393 e. The molecule has 0 amide bonds. The van der Waals surface area contributed by atoms with Gasteiger partial charge in [0.2, 0.25) is 0 Å². The minimum atomic E-state index is -4.52. The molecule has 164 valence electrons. The van der Waals surface area contributed by atoms with Crippen LogP contribution in [-0.2, 0) is 32.6 Å². The summed E-state index contributed by atoms with van der Waals surface area (Å²) in [5, 5.41) is 9.86. The third-order valence-electron chi connectivity index (χ3n) is 4.69. The Labute approximate surface area is 175 Å². The Balaban J connectivity index is 1.98. The quantitative estimate of drug-likeness (QED) is 0.359. The van der Waals surface area contributed by atoms with Gasteiger partial charge in [-0.15, -0.1) is 0 Å². The Kier molecular flexibility index (Phi) is 9.22. The number of aliphatic hydroxyl groups excluding tert-OH is 1. The number of hydrogen-bond acceptors (Lipinski definition) is 8. The minimum absolute atomic E-state index is 0.0512. The van der Waals surface area contributed by atoms with E-state index in [0.29, 0.717) is 6.42 Å². The fourth-order valence-electron chi connectivity index (χ4n) is 3.36. The molecule has 2 heterocycles. The molecule has 2 N–H and O–H groups in total. The molecule has 0 spiro atoms. The van der Waals surface area contributed by atoms with Crippen molar-refractivity contribution in [3.63, 3.8) is 0 Å². The van der Waals surface area contributed by atoms with Gasteiger partial charge in [0.05, 0.1) is 38.1 Å². The van der Waals surface area contributed by atoms with Crippen LogP contribution in [0.4, 0.5) is 0 Å². The van der Waals surface area contributed by atoms with Crippen LogP contribution in [0.25, 0.3) is 0 Å². The van der Waals surface area contributed by atoms with E-state index in [9.17, 15) is 14.6 Å². The molecule has 2 aliphatic heterocycles. The van der Waals surface area contributed by atoms with E-state index in [-0.39, 0.29) is 37.9 Å². The molecule has 0 aromatic rings. The monoisotopic (exact) mass is 432 g/mol. The highest BCUT2D eigenvalue weighted by Crippen LogP contribution is 2.49. The zero-order valence-electron chi connectivity index (χ0n) is 17.4. The van der Waals surface area contributed by atoms with Gasteiger partial charge in [0.1, 0.15) is 33.5 Å². The van der Waals surface area contributed by atoms with Crippen molar-refractivity contribution in [2.75, 3.05) is 19.8 Å². The van der Waals surface area contributed by atoms with Gasteiger partial charge in [0, 0.05) is 12.0 Å². The maximum absolute atomic E-state index is 12.6. The van der Waals surface area contributed by atoms with Crippen LogP contribution in [0.15, 0.2) is 0 Å². The summed E-state index contributed by atoms with van der Waals surface area (Å²) in [7, 11) is 7.10. The van der Waals surface area contributed by atoms with Gasteiger partial charge in [-0.3, -0.25) is 9.05 Å². The summed E-state index contributed by atoms with van der Waals surface area (Å²) in [5.41, 5.74) is -1.36. The molecular weight excluding hydrogens is 401 g/mol. The number of hydrogen-bond donors (Lipinski definition) is 2. The van der Waals surface area contributed by atoms with Gasteiger partial charge in [-0.1, -0.05) is 0 Å². The van der Waals surface area contributed by atoms with E-state index in [4.69, 9.17) is 43.7 Å². The first-order valence-electron chi connectivity index (χ1n) is 9.84. The van der Waals surface area contributed by atoms with Gasteiger partial charge >= 0.3 is 7.82 Å². The highest BCUT2D eigenvalue weighted by Gasteiger charge is 2.51. The molecule has 2 saturated heterocycles. The Hall–Kier alpha value is 0.0399. The van der Waals surface area contributed by atoms with Crippen LogP contribution in [0.3, 0.4) is 0 Å². The SMILES string of the molecule is [B][C@H]1C[C@@H](OC(C)C)[C@@H](COP(=O)(O)O[C@@H]2C[C@H]([B])O[C@]2(CO)COC(C)C)O1. The van der Waals surface area contributed by atoms with Crippen molar-refractivity contribution in [1.29, 1.82) is 0 Å². The second-order valence-corrected chi connectivity index (χ2v) is 9.41. The molecule has 9 nitrogen and oxygen atoms in total. The molecule has 7 atom stereocenters. The molecule has 29 heavy (non-hydrogen) atoms. The highest BCUT2D eigenvalue weighted by atomic mass is 31.2. The smallest absolute Gasteiger partial charge is 0.393 e. The Morgan fingerprint density at radius 1 is 1.17 bits per heavy atom. The molecule has 0 bridgehead atoms. The van der Waals surface area contributed by atoms with Crippen LogP contribution in [0.2, 0.25) is 0 Å². The molecule has 0 saturated carbocycles. The Morgan fingerprint density at radius 3 is 2.45 bits per heavy atom. The van der Waals surface area contributed by atoms with Gasteiger partial charge in [-0.25, -0.2) is 4.57 Å². The van der Waals surface area contributed by atoms with Gasteiger partial charge in [0.15, 0.2) is 0 Å². The molecule has 2 fully saturated rings. The third kappa shape index (κ3) is 7.30. The topological polar surface area (TPSA) is 113 Å². The average molecular weight is 432 g/mol. The largest absolute Gasteiger partial charge is 0.472 e. The first kappa shape index (κ1) is 25.3. The zero-order valence-corrected chi connectivity index (χ0v) is 18.3. The number of aliphatic hydroxyl groups is 1. The lowest BCUT2D eigenvalue weighted by Crippen LogP contribution is -2.49. The van der Waals surface area contributed by atoms with Gasteiger partial charge < -0.3 is 28.9 Å². The van der Waals surface area contributed by atoms with Crippen LogP contribution >= 0.6 is 7.82 Å². The van der Waals surface area contributed by atoms with Crippen LogP contribution < -0.4 is 0 Å². The standard InChI is InChI=1S/C17H31B2O9P/c1-10(2)23-9-17(8-20)14(6-16(19)27-17)28-29(21,22)24-7-13-12(25-11(3)4)5-15(18)26-13/h10-16,20H,5-9H2,1-4H3,(H,21,22)/t12-,13-,14-,15-,16-,17-/m1/s1. The maximum atomic E-state index is 12.6. The maximum Gasteiger partial charge on any atom is 0.472 e. The summed E-state index contributed by atoms with van der Waals surface area (Å²) < 4.78 is 45.4. The van der Waals surface area contributed by atoms with Gasteiger partial charge in [-0.2, -0.15) is 0 Å². The Morgan fingerprint density at radius 2 is 1.86 bits per heavy atom. The number of rotatable bonds is 11. The van der Waals surface area contributed by atoms with Crippen molar-refractivity contribution < 1.29 is 42.6 Å². The van der Waals surface area contributed by atoms with Crippen LogP contribution in [0.1, 0.15) is 40.5 Å². The summed E-state index contributed by atoms with van der Waals surface area (Å²) in [6, 6.07) is -1.31. The number of phosphoric acid groups is 1. The summed E-state index contributed by atoms with van der Waals surface area (Å²) in [4.78, 5) is 10.2. The third-order valence-corrected chi connectivity index (χ3v) is 5.68. The van der Waals surface area contributed by atoms with Gasteiger partial charge in [0.25, 0.3) is 0 Å². The molecule has 0 aliphatic carbocycles. The summed E-state index contributed by atoms with van der Waals surface area (Å²) in [6.07, 6.45) is -1.61. The van der Waals surface area contributed by atoms with E-state index >= 15 is 0 Å². The van der Waals surface area contributed by atoms with Crippen LogP contribution in [-0.4, -0.2) is 93.6 Å². The fraction of sp³-hybridized carbons (Fsp3) is 1.00. The van der Waals surface area contributed by atoms with Gasteiger partial charge in [-0.05, 0) is 40.5 Å². The van der Waals surface area contributed by atoms with E-state index in [1.54, 1.807) is 0 Å². The average Bonchev–Trinajstić information content (AvgIpc) is 3.09. The lowest BCUT2D eigenvalue weighted by molar-refractivity contribution is -0.144. The summed E-state index contributed by atoms with van der Waals surface area (Å²) >= 11 is 0. The first-order valence-corrected chi connectivity index (χ1v) is 11.3. The molecule has 1 unspecified atom stereocenters. The second kappa shape index (κ2) is 10.6. The van der Waals surface area contributed by atoms with Crippen molar-refractivity contribution in [2.45, 2.75) is 88.7 Å². The number of ether oxygens (including phenoxy) is 4. The molecule has 4 radical (unpaired) electrons. The van der Waals surface area contributed by atoms with Crippen LogP contribution in [0, 0.1) is 0 Å². The molecule has 0 aromatic heterocycles. The predicted octanol–water partition coefficient (Wildman–Crippen LogP) is 0.637. The van der Waals surface area contributed by atoms with E-state index < -0.39 is 44.2 Å². The summed E-state index contributed by atoms with van der Waals surface area (Å²) in [5.74, 6) is 0. The van der Waals surface area contributed by atoms with Crippen molar-refractivity contribution in [3.05, 3.63) is 0 Å². The summed E-state index contributed by atoms with van der Waals surface area (Å²) in [6.45, 7) is 6.59. The number of phosphoric ester groups is 1. The molecular formula is C17H31B2O9P. The van der Waals surface area contributed by atoms with Crippen LogP contribution in [0.5, 0.6) is 0 Å². The molecule has 0 aromatic carbocycles. The first-order chi connectivity index (χ1) is 13.5. The van der Waals surface area contributed by atoms with E-state index in [2.05, 4.69) is 0 Å². The normalized spacial score (nSPS) is 37.4. The van der Waals surface area contributed by atoms with Crippen molar-refractivity contribution in [2.24, 2.45) is 0 Å². The second-order valence-electron chi connectivity index (χ2n) is 8.01.